The highest BCUT2D eigenvalue weighted by Crippen LogP contribution is 2.02. The maximum atomic E-state index is 11.3. The molecule has 1 amide bonds. The molecule has 0 saturated heterocycles. The molecule has 0 saturated carbocycles. The van der Waals surface area contributed by atoms with Crippen LogP contribution < -0.4 is 5.32 Å². The van der Waals surface area contributed by atoms with Crippen molar-refractivity contribution in [2.24, 2.45) is 0 Å². The van der Waals surface area contributed by atoms with Crippen molar-refractivity contribution < 1.29 is 14.7 Å². The maximum absolute atomic E-state index is 11.3. The van der Waals surface area contributed by atoms with Crippen LogP contribution in [0.2, 0.25) is 0 Å². The van der Waals surface area contributed by atoms with Crippen LogP contribution in [0.15, 0.2) is 23.9 Å². The minimum absolute atomic E-state index is 0.199. The number of carboxylic acids is 1. The highest BCUT2D eigenvalue weighted by molar-refractivity contribution is 5.85. The first-order valence-corrected chi connectivity index (χ1v) is 4.38. The number of hydrogen-bond donors (Lipinski definition) is 2. The van der Waals surface area contributed by atoms with E-state index in [9.17, 15) is 9.59 Å². The number of carbonyl (C=O) groups is 2. The van der Waals surface area contributed by atoms with Crippen molar-refractivity contribution >= 4 is 11.9 Å². The van der Waals surface area contributed by atoms with Crippen molar-refractivity contribution in [2.75, 3.05) is 20.6 Å². The molecule has 0 fully saturated rings. The number of rotatable bonds is 5. The predicted octanol–water partition coefficient (Wildman–Crippen LogP) is 0.209. The highest BCUT2D eigenvalue weighted by atomic mass is 16.4. The van der Waals surface area contributed by atoms with Gasteiger partial charge in [-0.3, -0.25) is 4.79 Å². The van der Waals surface area contributed by atoms with Gasteiger partial charge < -0.3 is 15.3 Å². The average Bonchev–Trinajstić information content (AvgIpc) is 1.99. The number of aliphatic carboxylic acids is 1. The third-order valence-corrected chi connectivity index (χ3v) is 1.46. The first-order chi connectivity index (χ1) is 6.82. The smallest absolute Gasteiger partial charge is 0.330 e. The van der Waals surface area contributed by atoms with Crippen LogP contribution in [-0.2, 0) is 9.59 Å². The molecule has 0 aromatic carbocycles. The van der Waals surface area contributed by atoms with E-state index in [0.717, 1.165) is 6.08 Å². The van der Waals surface area contributed by atoms with Crippen LogP contribution in [-0.4, -0.2) is 42.5 Å². The summed E-state index contributed by atoms with van der Waals surface area (Å²) in [5.41, 5.74) is 0.735. The molecule has 5 nitrogen and oxygen atoms in total. The Morgan fingerprint density at radius 3 is 2.33 bits per heavy atom. The fourth-order valence-corrected chi connectivity index (χ4v) is 0.866. The molecule has 84 valence electrons. The summed E-state index contributed by atoms with van der Waals surface area (Å²) in [7, 11) is 3.50. The summed E-state index contributed by atoms with van der Waals surface area (Å²) in [4.78, 5) is 23.4. The van der Waals surface area contributed by atoms with E-state index in [0.29, 0.717) is 5.57 Å². The quantitative estimate of drug-likeness (QED) is 0.505. The Labute approximate surface area is 89.1 Å². The van der Waals surface area contributed by atoms with Crippen molar-refractivity contribution in [1.29, 1.82) is 0 Å². The van der Waals surface area contributed by atoms with Crippen LogP contribution in [0.1, 0.15) is 6.92 Å². The van der Waals surface area contributed by atoms with Gasteiger partial charge in [0.1, 0.15) is 0 Å². The topological polar surface area (TPSA) is 69.6 Å². The SMILES string of the molecule is C=C(C)C(=CC(=O)O)NC(=O)CN(C)C. The van der Waals surface area contributed by atoms with Gasteiger partial charge in [-0.05, 0) is 26.6 Å². The minimum Gasteiger partial charge on any atom is -0.478 e. The Balaban J connectivity index is 4.50. The van der Waals surface area contributed by atoms with Crippen molar-refractivity contribution in [3.05, 3.63) is 23.9 Å². The Morgan fingerprint density at radius 2 is 2.00 bits per heavy atom. The summed E-state index contributed by atoms with van der Waals surface area (Å²) in [5, 5.41) is 11.0. The Morgan fingerprint density at radius 1 is 1.47 bits per heavy atom. The van der Waals surface area contributed by atoms with E-state index in [-0.39, 0.29) is 18.1 Å². The molecule has 0 aliphatic carbocycles. The summed E-state index contributed by atoms with van der Waals surface area (Å²) >= 11 is 0. The zero-order valence-corrected chi connectivity index (χ0v) is 9.20. The molecule has 0 radical (unpaired) electrons. The molecule has 0 aromatic heterocycles. The Kier molecular flexibility index (Phi) is 5.33. The number of nitrogens with zero attached hydrogens (tertiary/aromatic N) is 1. The van der Waals surface area contributed by atoms with Gasteiger partial charge in [0, 0.05) is 6.08 Å². The van der Waals surface area contributed by atoms with E-state index in [4.69, 9.17) is 5.11 Å². The van der Waals surface area contributed by atoms with Crippen LogP contribution in [0.25, 0.3) is 0 Å². The van der Waals surface area contributed by atoms with Gasteiger partial charge in [-0.1, -0.05) is 6.58 Å². The van der Waals surface area contributed by atoms with E-state index < -0.39 is 5.97 Å². The average molecular weight is 212 g/mol. The summed E-state index contributed by atoms with van der Waals surface area (Å²) in [6.45, 7) is 5.41. The molecule has 15 heavy (non-hydrogen) atoms. The molecule has 0 atom stereocenters. The normalized spacial score (nSPS) is 11.3. The van der Waals surface area contributed by atoms with Crippen molar-refractivity contribution in [2.45, 2.75) is 6.92 Å². The second kappa shape index (κ2) is 5.98. The first-order valence-electron chi connectivity index (χ1n) is 4.38. The summed E-state index contributed by atoms with van der Waals surface area (Å²) in [5.74, 6) is -1.38. The lowest BCUT2D eigenvalue weighted by Gasteiger charge is -2.12. The molecule has 0 heterocycles. The fraction of sp³-hybridized carbons (Fsp3) is 0.400. The molecule has 0 aliphatic heterocycles. The number of carboxylic acid groups (broad SMARTS) is 1. The van der Waals surface area contributed by atoms with Crippen molar-refractivity contribution in [3.63, 3.8) is 0 Å². The van der Waals surface area contributed by atoms with E-state index in [1.807, 2.05) is 0 Å². The van der Waals surface area contributed by atoms with Gasteiger partial charge >= 0.3 is 5.97 Å². The van der Waals surface area contributed by atoms with Crippen molar-refractivity contribution in [1.82, 2.24) is 10.2 Å². The van der Waals surface area contributed by atoms with E-state index in [2.05, 4.69) is 11.9 Å². The predicted molar refractivity (Wildman–Crippen MR) is 57.2 cm³/mol. The van der Waals surface area contributed by atoms with E-state index in [1.54, 1.807) is 25.9 Å². The van der Waals surface area contributed by atoms with Crippen LogP contribution in [0, 0.1) is 0 Å². The molecule has 5 heteroatoms. The third kappa shape index (κ3) is 6.45. The lowest BCUT2D eigenvalue weighted by Crippen LogP contribution is -2.33. The fourth-order valence-electron chi connectivity index (χ4n) is 0.866. The maximum Gasteiger partial charge on any atom is 0.330 e. The van der Waals surface area contributed by atoms with Gasteiger partial charge in [0.25, 0.3) is 0 Å². The molecule has 0 unspecified atom stereocenters. The number of hydrogen-bond acceptors (Lipinski definition) is 3. The minimum atomic E-state index is -1.11. The van der Waals surface area contributed by atoms with Gasteiger partial charge in [-0.25, -0.2) is 4.79 Å². The van der Waals surface area contributed by atoms with Crippen LogP contribution in [0.5, 0.6) is 0 Å². The second-order valence-electron chi connectivity index (χ2n) is 3.46. The van der Waals surface area contributed by atoms with Gasteiger partial charge in [0.05, 0.1) is 12.2 Å². The summed E-state index contributed by atoms with van der Waals surface area (Å²) in [6.07, 6.45) is 0.926. The monoisotopic (exact) mass is 212 g/mol. The molecule has 0 aromatic rings. The molecular weight excluding hydrogens is 196 g/mol. The Hall–Kier alpha value is -1.62. The standard InChI is InChI=1S/C10H16N2O3/c1-7(2)8(5-10(14)15)11-9(13)6-12(3)4/h5H,1,6H2,2-4H3,(H,11,13)(H,14,15). The first kappa shape index (κ1) is 13.4. The molecule has 0 bridgehead atoms. The van der Waals surface area contributed by atoms with Crippen LogP contribution in [0.3, 0.4) is 0 Å². The second-order valence-corrected chi connectivity index (χ2v) is 3.46. The molecule has 0 rings (SSSR count). The number of amides is 1. The number of allylic oxidation sites excluding steroid dienone is 1. The van der Waals surface area contributed by atoms with E-state index >= 15 is 0 Å². The molecular formula is C10H16N2O3. The van der Waals surface area contributed by atoms with Crippen molar-refractivity contribution in [3.8, 4) is 0 Å². The lowest BCUT2D eigenvalue weighted by atomic mass is 10.2. The van der Waals surface area contributed by atoms with Gasteiger partial charge in [-0.15, -0.1) is 0 Å². The van der Waals surface area contributed by atoms with E-state index in [1.165, 1.54) is 0 Å². The lowest BCUT2D eigenvalue weighted by molar-refractivity contribution is -0.131. The molecule has 0 aliphatic rings. The number of likely N-dealkylation sites (N-methyl/N-ethyl adjacent to an activating group) is 1. The van der Waals surface area contributed by atoms with Gasteiger partial charge in [0.15, 0.2) is 0 Å². The Bertz CT molecular complexity index is 306. The number of carbonyl (C=O) groups excluding carboxylic acids is 1. The zero-order chi connectivity index (χ0) is 12.0. The molecule has 2 N–H and O–H groups in total. The highest BCUT2D eigenvalue weighted by Gasteiger charge is 2.07. The van der Waals surface area contributed by atoms with Gasteiger partial charge in [-0.2, -0.15) is 0 Å². The molecule has 0 spiro atoms. The summed E-state index contributed by atoms with van der Waals surface area (Å²) in [6, 6.07) is 0. The van der Waals surface area contributed by atoms with Crippen LogP contribution in [0.4, 0.5) is 0 Å². The zero-order valence-electron chi connectivity index (χ0n) is 9.20. The third-order valence-electron chi connectivity index (χ3n) is 1.46. The largest absolute Gasteiger partial charge is 0.478 e. The number of nitrogens with one attached hydrogen (secondary N) is 1. The van der Waals surface area contributed by atoms with Crippen LogP contribution >= 0.6 is 0 Å². The van der Waals surface area contributed by atoms with Gasteiger partial charge in [0.2, 0.25) is 5.91 Å². The summed E-state index contributed by atoms with van der Waals surface area (Å²) < 4.78 is 0.